The summed E-state index contributed by atoms with van der Waals surface area (Å²) < 4.78 is 0. The summed E-state index contributed by atoms with van der Waals surface area (Å²) in [6.45, 7) is 12.0. The van der Waals surface area contributed by atoms with Gasteiger partial charge in [0.2, 0.25) is 0 Å². The van der Waals surface area contributed by atoms with E-state index in [-0.39, 0.29) is 57.1 Å². The molecule has 0 amide bonds. The molecule has 0 bridgehead atoms. The summed E-state index contributed by atoms with van der Waals surface area (Å²) in [6.07, 6.45) is 0. The van der Waals surface area contributed by atoms with E-state index in [0.717, 1.165) is 0 Å². The first-order valence-corrected chi connectivity index (χ1v) is 5.00. The zero-order chi connectivity index (χ0) is 10.2. The van der Waals surface area contributed by atoms with Crippen LogP contribution in [-0.4, -0.2) is 0 Å². The van der Waals surface area contributed by atoms with Gasteiger partial charge in [-0.1, -0.05) is 77.9 Å². The highest BCUT2D eigenvalue weighted by Gasteiger charge is 1.57. The summed E-state index contributed by atoms with van der Waals surface area (Å²) in [5.74, 6) is 0. The molecule has 0 heterocycles. The maximum absolute atomic E-state index is 2.00. The van der Waals surface area contributed by atoms with E-state index < -0.39 is 0 Å². The summed E-state index contributed by atoms with van der Waals surface area (Å²) in [5.41, 5.74) is 0. The molecule has 0 saturated heterocycles. The van der Waals surface area contributed by atoms with Crippen molar-refractivity contribution in [3.8, 4) is 0 Å². The Kier molecular flexibility index (Phi) is 209. The van der Waals surface area contributed by atoms with Gasteiger partial charge in [-0.3, -0.25) is 0 Å². The summed E-state index contributed by atoms with van der Waals surface area (Å²) >= 11 is 0. The Balaban J connectivity index is -0.0000000147. The summed E-state index contributed by atoms with van der Waals surface area (Å²) in [7, 11) is 0. The van der Waals surface area contributed by atoms with Crippen molar-refractivity contribution in [3.05, 3.63) is 36.4 Å². The Bertz CT molecular complexity index is 88.2. The molecule has 0 unspecified atom stereocenters. The van der Waals surface area contributed by atoms with Gasteiger partial charge in [-0.25, -0.2) is 0 Å². The smallest absolute Gasteiger partial charge is 0.0623 e. The molecular formula is C12H30Br3N. The second kappa shape index (κ2) is 76.2. The molecule has 0 fully saturated rings. The minimum atomic E-state index is 0. The zero-order valence-corrected chi connectivity index (χ0v) is 16.5. The topological polar surface area (TPSA) is 35.0 Å². The van der Waals surface area contributed by atoms with Gasteiger partial charge in [0.1, 0.15) is 0 Å². The third kappa shape index (κ3) is 61.9. The quantitative estimate of drug-likeness (QED) is 0.493. The number of hydrogen-bond donors (Lipinski definition) is 1. The molecular weight excluding hydrogens is 398 g/mol. The molecule has 1 nitrogen and oxygen atoms in total. The van der Waals surface area contributed by atoms with Crippen molar-refractivity contribution in [2.24, 2.45) is 0 Å². The van der Waals surface area contributed by atoms with Crippen LogP contribution in [0.2, 0.25) is 0 Å². The molecule has 0 aliphatic carbocycles. The van der Waals surface area contributed by atoms with Gasteiger partial charge < -0.3 is 6.15 Å². The first-order chi connectivity index (χ1) is 6.00. The van der Waals surface area contributed by atoms with Gasteiger partial charge in [-0.15, -0.1) is 50.9 Å². The van der Waals surface area contributed by atoms with E-state index in [1.165, 1.54) is 0 Å². The monoisotopic (exact) mass is 425 g/mol. The molecule has 104 valence electrons. The molecule has 1 aromatic carbocycles. The van der Waals surface area contributed by atoms with E-state index in [2.05, 4.69) is 0 Å². The van der Waals surface area contributed by atoms with Gasteiger partial charge in [0, 0.05) is 0 Å². The van der Waals surface area contributed by atoms with E-state index >= 15 is 0 Å². The van der Waals surface area contributed by atoms with Gasteiger partial charge in [0.25, 0.3) is 0 Å². The summed E-state index contributed by atoms with van der Waals surface area (Å²) in [6, 6.07) is 12.0. The van der Waals surface area contributed by atoms with Gasteiger partial charge >= 0.3 is 0 Å². The van der Waals surface area contributed by atoms with Crippen molar-refractivity contribution in [1.82, 2.24) is 6.15 Å². The fourth-order valence-electron chi connectivity index (χ4n) is 0.385. The van der Waals surface area contributed by atoms with Crippen molar-refractivity contribution in [2.75, 3.05) is 0 Å². The molecule has 1 aromatic rings. The second-order valence-corrected chi connectivity index (χ2v) is 1.15. The van der Waals surface area contributed by atoms with E-state index in [0.29, 0.717) is 0 Å². The fourth-order valence-corrected chi connectivity index (χ4v) is 0.385. The predicted molar refractivity (Wildman–Crippen MR) is 96.5 cm³/mol. The third-order valence-corrected chi connectivity index (χ3v) is 0.667. The minimum Gasteiger partial charge on any atom is -0.344 e. The average molecular weight is 428 g/mol. The maximum Gasteiger partial charge on any atom is -0.0623 e. The Morgan fingerprint density at radius 2 is 0.438 bits per heavy atom. The van der Waals surface area contributed by atoms with E-state index in [4.69, 9.17) is 0 Å². The average Bonchev–Trinajstić information content (AvgIpc) is 2.29. The molecule has 16 heavy (non-hydrogen) atoms. The molecule has 1 rings (SSSR count). The van der Waals surface area contributed by atoms with Crippen LogP contribution in [0.5, 0.6) is 0 Å². The first-order valence-electron chi connectivity index (χ1n) is 5.00. The van der Waals surface area contributed by atoms with Crippen molar-refractivity contribution < 1.29 is 0 Å². The normalized spacial score (nSPS) is 4.12. The van der Waals surface area contributed by atoms with Crippen LogP contribution in [0.25, 0.3) is 0 Å². The lowest BCUT2D eigenvalue weighted by Gasteiger charge is -1.69. The SMILES string of the molecule is Br.Br.Br.CC.CC.CC.N.c1ccccc1. The van der Waals surface area contributed by atoms with Crippen LogP contribution in [-0.2, 0) is 0 Å². The van der Waals surface area contributed by atoms with Crippen LogP contribution in [0, 0.1) is 0 Å². The van der Waals surface area contributed by atoms with Crippen LogP contribution in [0.3, 0.4) is 0 Å². The molecule has 0 aliphatic rings. The molecule has 3 N–H and O–H groups in total. The van der Waals surface area contributed by atoms with E-state index in [1.54, 1.807) is 0 Å². The summed E-state index contributed by atoms with van der Waals surface area (Å²) in [4.78, 5) is 0. The van der Waals surface area contributed by atoms with Crippen molar-refractivity contribution >= 4 is 50.9 Å². The van der Waals surface area contributed by atoms with E-state index in [1.807, 2.05) is 77.9 Å². The van der Waals surface area contributed by atoms with Crippen molar-refractivity contribution in [3.63, 3.8) is 0 Å². The molecule has 0 atom stereocenters. The van der Waals surface area contributed by atoms with Crippen LogP contribution < -0.4 is 6.15 Å². The second-order valence-electron chi connectivity index (χ2n) is 1.15. The number of benzene rings is 1. The zero-order valence-electron chi connectivity index (χ0n) is 11.4. The predicted octanol–water partition coefficient (Wildman–Crippen LogP) is 6.66. The lowest BCUT2D eigenvalue weighted by molar-refractivity contribution is 1.50. The first kappa shape index (κ1) is 43.8. The van der Waals surface area contributed by atoms with Gasteiger partial charge in [0.15, 0.2) is 0 Å². The minimum absolute atomic E-state index is 0. The Morgan fingerprint density at radius 3 is 0.500 bits per heavy atom. The lowest BCUT2D eigenvalue weighted by atomic mass is 10.4. The third-order valence-electron chi connectivity index (χ3n) is 0.667. The Morgan fingerprint density at radius 1 is 0.375 bits per heavy atom. The standard InChI is InChI=1S/C6H6.3C2H6.3BrH.H3N/c1-2-4-6-5-3-1;3*1-2;;;;/h1-6H;3*1-2H3;3*1H;1H3. The van der Waals surface area contributed by atoms with E-state index in [9.17, 15) is 0 Å². The van der Waals surface area contributed by atoms with Crippen LogP contribution in [0.4, 0.5) is 0 Å². The summed E-state index contributed by atoms with van der Waals surface area (Å²) in [5, 5.41) is 0. The number of hydrogen-bond acceptors (Lipinski definition) is 1. The number of halogens is 3. The van der Waals surface area contributed by atoms with Gasteiger partial charge in [-0.2, -0.15) is 0 Å². The van der Waals surface area contributed by atoms with Crippen LogP contribution in [0.15, 0.2) is 36.4 Å². The Labute approximate surface area is 134 Å². The highest BCUT2D eigenvalue weighted by Crippen LogP contribution is 1.79. The molecule has 0 aromatic heterocycles. The van der Waals surface area contributed by atoms with Crippen molar-refractivity contribution in [2.45, 2.75) is 41.5 Å². The van der Waals surface area contributed by atoms with Crippen LogP contribution in [0.1, 0.15) is 41.5 Å². The van der Waals surface area contributed by atoms with Gasteiger partial charge in [-0.05, 0) is 0 Å². The fraction of sp³-hybridized carbons (Fsp3) is 0.500. The van der Waals surface area contributed by atoms with Gasteiger partial charge in [0.05, 0.1) is 0 Å². The molecule has 0 saturated carbocycles. The molecule has 0 spiro atoms. The largest absolute Gasteiger partial charge is 0.344 e. The Hall–Kier alpha value is 0.620. The van der Waals surface area contributed by atoms with Crippen molar-refractivity contribution in [1.29, 1.82) is 0 Å². The lowest BCUT2D eigenvalue weighted by Crippen LogP contribution is -1.47. The number of rotatable bonds is 0. The highest BCUT2D eigenvalue weighted by molar-refractivity contribution is 8.93. The molecule has 0 radical (unpaired) electrons. The van der Waals surface area contributed by atoms with Crippen LogP contribution >= 0.6 is 50.9 Å². The molecule has 4 heteroatoms. The highest BCUT2D eigenvalue weighted by atomic mass is 79.9. The molecule has 0 aliphatic heterocycles. The maximum atomic E-state index is 2.00.